The van der Waals surface area contributed by atoms with Crippen LogP contribution in [0.2, 0.25) is 0 Å². The van der Waals surface area contributed by atoms with Gasteiger partial charge in [-0.25, -0.2) is 14.4 Å². The molecule has 2 fully saturated rings. The van der Waals surface area contributed by atoms with Crippen molar-refractivity contribution >= 4 is 18.0 Å². The lowest BCUT2D eigenvalue weighted by molar-refractivity contribution is -0.246. The first-order chi connectivity index (χ1) is 19.7. The number of carbonyl (C=O) groups excluding carboxylic acids is 3. The molecule has 2 aromatic rings. The highest BCUT2D eigenvalue weighted by molar-refractivity contribution is 5.89. The summed E-state index contributed by atoms with van der Waals surface area (Å²) in [6.45, 7) is 5.96. The summed E-state index contributed by atoms with van der Waals surface area (Å²) in [5.74, 6) is -2.86. The van der Waals surface area contributed by atoms with Crippen LogP contribution in [0.15, 0.2) is 54.6 Å². The van der Waals surface area contributed by atoms with Crippen molar-refractivity contribution in [2.24, 2.45) is 5.41 Å². The third-order valence-corrected chi connectivity index (χ3v) is 7.68. The van der Waals surface area contributed by atoms with Crippen LogP contribution in [0, 0.1) is 5.41 Å². The smallest absolute Gasteiger partial charge is 0.465 e. The van der Waals surface area contributed by atoms with Crippen molar-refractivity contribution in [3.05, 3.63) is 71.3 Å². The predicted octanol–water partition coefficient (Wildman–Crippen LogP) is 5.91. The number of alkyl halides is 3. The molecule has 1 aliphatic heterocycles. The van der Waals surface area contributed by atoms with Crippen LogP contribution in [0.5, 0.6) is 0 Å². The number of halogens is 3. The summed E-state index contributed by atoms with van der Waals surface area (Å²) in [7, 11) is 1.29. The van der Waals surface area contributed by atoms with Gasteiger partial charge in [0, 0.05) is 25.6 Å². The number of likely N-dealkylation sites (tertiary alicyclic amines) is 1. The number of esters is 1. The fourth-order valence-corrected chi connectivity index (χ4v) is 5.50. The predicted molar refractivity (Wildman–Crippen MR) is 147 cm³/mol. The summed E-state index contributed by atoms with van der Waals surface area (Å²) in [4.78, 5) is 43.7. The van der Waals surface area contributed by atoms with Gasteiger partial charge in [-0.1, -0.05) is 42.5 Å². The van der Waals surface area contributed by atoms with Gasteiger partial charge in [-0.3, -0.25) is 0 Å². The van der Waals surface area contributed by atoms with Gasteiger partial charge >= 0.3 is 24.2 Å². The standard InChI is InChI=1S/C31H37F3N2O6/c1-29(2,3)41-28(39)35-15-13-30(14-16-35,19-21-9-8-12-23(17-21)26(37)40-4)20-36(42-27(38)31(32,33)34)25-18-24(25)22-10-6-5-7-11-22/h5-12,17,24-25H,13-16,18-20H2,1-4H3/t24-,25+/m0/s1. The summed E-state index contributed by atoms with van der Waals surface area (Å²) >= 11 is 0. The molecule has 2 aromatic carbocycles. The maximum atomic E-state index is 13.4. The zero-order valence-corrected chi connectivity index (χ0v) is 24.3. The molecule has 42 heavy (non-hydrogen) atoms. The molecular formula is C31H37F3N2O6. The number of ether oxygens (including phenoxy) is 2. The Bertz CT molecular complexity index is 1270. The molecule has 4 rings (SSSR count). The van der Waals surface area contributed by atoms with Crippen LogP contribution in [0.3, 0.4) is 0 Å². The molecule has 0 aromatic heterocycles. The summed E-state index contributed by atoms with van der Waals surface area (Å²) in [6, 6.07) is 15.8. The van der Waals surface area contributed by atoms with Crippen LogP contribution >= 0.6 is 0 Å². The number of carbonyl (C=O) groups is 3. The van der Waals surface area contributed by atoms with E-state index in [2.05, 4.69) is 0 Å². The van der Waals surface area contributed by atoms with E-state index in [1.54, 1.807) is 43.9 Å². The van der Waals surface area contributed by atoms with Crippen LogP contribution in [-0.2, 0) is 25.5 Å². The molecule has 2 aliphatic rings. The van der Waals surface area contributed by atoms with Gasteiger partial charge < -0.3 is 19.2 Å². The van der Waals surface area contributed by atoms with E-state index in [4.69, 9.17) is 14.3 Å². The molecule has 0 N–H and O–H groups in total. The van der Waals surface area contributed by atoms with Crippen LogP contribution in [-0.4, -0.2) is 72.6 Å². The Kier molecular flexibility index (Phi) is 9.20. The quantitative estimate of drug-likeness (QED) is 0.279. The molecule has 2 atom stereocenters. The zero-order valence-electron chi connectivity index (χ0n) is 24.3. The van der Waals surface area contributed by atoms with E-state index < -0.39 is 41.3 Å². The van der Waals surface area contributed by atoms with Gasteiger partial charge in [0.25, 0.3) is 0 Å². The van der Waals surface area contributed by atoms with Crippen LogP contribution in [0.25, 0.3) is 0 Å². The Morgan fingerprint density at radius 3 is 2.26 bits per heavy atom. The molecule has 11 heteroatoms. The second-order valence-corrected chi connectivity index (χ2v) is 12.1. The van der Waals surface area contributed by atoms with Crippen molar-refractivity contribution in [2.45, 2.75) is 70.2 Å². The zero-order chi connectivity index (χ0) is 30.7. The highest BCUT2D eigenvalue weighted by atomic mass is 19.4. The van der Waals surface area contributed by atoms with Gasteiger partial charge in [-0.15, -0.1) is 5.06 Å². The molecule has 8 nitrogen and oxygen atoms in total. The molecule has 0 unspecified atom stereocenters. The third kappa shape index (κ3) is 8.02. The van der Waals surface area contributed by atoms with E-state index in [9.17, 15) is 27.6 Å². The Morgan fingerprint density at radius 2 is 1.67 bits per heavy atom. The molecule has 1 saturated carbocycles. The first kappa shape index (κ1) is 31.3. The third-order valence-electron chi connectivity index (χ3n) is 7.68. The van der Waals surface area contributed by atoms with Gasteiger partial charge in [0.1, 0.15) is 5.60 Å². The number of hydrogen-bond acceptors (Lipinski definition) is 7. The fraction of sp³-hybridized carbons (Fsp3) is 0.516. The maximum absolute atomic E-state index is 13.4. The lowest BCUT2D eigenvalue weighted by atomic mass is 9.73. The number of rotatable bonds is 8. The van der Waals surface area contributed by atoms with Crippen LogP contribution in [0.1, 0.15) is 67.4 Å². The largest absolute Gasteiger partial charge is 0.492 e. The minimum atomic E-state index is -5.16. The minimum Gasteiger partial charge on any atom is -0.465 e. The van der Waals surface area contributed by atoms with Crippen molar-refractivity contribution in [3.63, 3.8) is 0 Å². The number of benzene rings is 2. The van der Waals surface area contributed by atoms with E-state index in [0.717, 1.165) is 11.1 Å². The van der Waals surface area contributed by atoms with Gasteiger partial charge in [0.05, 0.1) is 18.7 Å². The van der Waals surface area contributed by atoms with E-state index in [1.165, 1.54) is 12.2 Å². The van der Waals surface area contributed by atoms with E-state index >= 15 is 0 Å². The van der Waals surface area contributed by atoms with Gasteiger partial charge in [-0.05, 0) is 75.1 Å². The maximum Gasteiger partial charge on any atom is 0.492 e. The Labute approximate surface area is 243 Å². The average Bonchev–Trinajstić information content (AvgIpc) is 3.73. The van der Waals surface area contributed by atoms with Gasteiger partial charge in [0.2, 0.25) is 0 Å². The van der Waals surface area contributed by atoms with Crippen LogP contribution < -0.4 is 0 Å². The first-order valence-corrected chi connectivity index (χ1v) is 14.0. The Balaban J connectivity index is 1.62. The Morgan fingerprint density at radius 1 is 1.00 bits per heavy atom. The molecule has 1 amide bonds. The number of methoxy groups -OCH3 is 1. The summed E-state index contributed by atoms with van der Waals surface area (Å²) in [5, 5.41) is 1.20. The Hall–Kier alpha value is -3.60. The topological polar surface area (TPSA) is 85.4 Å². The molecule has 1 aliphatic carbocycles. The van der Waals surface area contributed by atoms with Gasteiger partial charge in [0.15, 0.2) is 0 Å². The fourth-order valence-electron chi connectivity index (χ4n) is 5.50. The molecule has 0 bridgehead atoms. The van der Waals surface area contributed by atoms with E-state index in [0.29, 0.717) is 44.3 Å². The van der Waals surface area contributed by atoms with Crippen molar-refractivity contribution in [1.29, 1.82) is 0 Å². The number of hydroxylamine groups is 2. The highest BCUT2D eigenvalue weighted by Crippen LogP contribution is 2.47. The summed E-state index contributed by atoms with van der Waals surface area (Å²) < 4.78 is 50.5. The van der Waals surface area contributed by atoms with Gasteiger partial charge in [-0.2, -0.15) is 13.2 Å². The molecule has 1 heterocycles. The van der Waals surface area contributed by atoms with Crippen molar-refractivity contribution in [2.75, 3.05) is 26.7 Å². The lowest BCUT2D eigenvalue weighted by Gasteiger charge is -2.44. The first-order valence-electron chi connectivity index (χ1n) is 14.0. The van der Waals surface area contributed by atoms with Crippen LogP contribution in [0.4, 0.5) is 18.0 Å². The van der Waals surface area contributed by atoms with E-state index in [1.807, 2.05) is 36.4 Å². The van der Waals surface area contributed by atoms with E-state index in [-0.39, 0.29) is 12.5 Å². The molecule has 1 saturated heterocycles. The van der Waals surface area contributed by atoms with Crippen molar-refractivity contribution < 1.29 is 41.9 Å². The number of hydrogen-bond donors (Lipinski definition) is 0. The minimum absolute atomic E-state index is 0.0213. The van der Waals surface area contributed by atoms with Crippen molar-refractivity contribution in [1.82, 2.24) is 9.96 Å². The lowest BCUT2D eigenvalue weighted by Crippen LogP contribution is -2.51. The molecule has 0 spiro atoms. The second-order valence-electron chi connectivity index (χ2n) is 12.1. The van der Waals surface area contributed by atoms with Crippen molar-refractivity contribution in [3.8, 4) is 0 Å². The second kappa shape index (κ2) is 12.3. The highest BCUT2D eigenvalue weighted by Gasteiger charge is 2.51. The number of nitrogens with zero attached hydrogens (tertiary/aromatic N) is 2. The average molecular weight is 591 g/mol. The summed E-state index contributed by atoms with van der Waals surface area (Å²) in [6.07, 6.45) is -3.88. The monoisotopic (exact) mass is 590 g/mol. The number of amides is 1. The SMILES string of the molecule is COC(=O)c1cccc(CC2(CN(OC(=O)C(F)(F)F)[C@@H]3C[C@H]3c3ccccc3)CCN(C(=O)OC(C)(C)C)CC2)c1. The molecule has 0 radical (unpaired) electrons. The summed E-state index contributed by atoms with van der Waals surface area (Å²) in [5.41, 5.74) is 0.725. The molecule has 228 valence electrons. The normalized spacial score (nSPS) is 20.1. The molecular weight excluding hydrogens is 553 g/mol. The number of piperidine rings is 1.